The van der Waals surface area contributed by atoms with Crippen molar-refractivity contribution >= 4 is 17.6 Å². The average molecular weight is 265 g/mol. The quantitative estimate of drug-likeness (QED) is 0.848. The maximum absolute atomic E-state index is 11.8. The van der Waals surface area contributed by atoms with Crippen LogP contribution in [0.5, 0.6) is 5.75 Å². The molecule has 5 nitrogen and oxygen atoms in total. The summed E-state index contributed by atoms with van der Waals surface area (Å²) in [6, 6.07) is 6.86. The molecule has 1 aromatic rings. The number of amides is 1. The zero-order chi connectivity index (χ0) is 14.5. The molecule has 0 aromatic heterocycles. The molecule has 19 heavy (non-hydrogen) atoms. The van der Waals surface area contributed by atoms with Crippen LogP contribution in [-0.2, 0) is 14.3 Å². The van der Waals surface area contributed by atoms with Crippen LogP contribution < -0.4 is 10.1 Å². The highest BCUT2D eigenvalue weighted by Crippen LogP contribution is 2.21. The Balaban J connectivity index is 2.67. The predicted octanol–water partition coefficient (Wildman–Crippen LogP) is 2.22. The van der Waals surface area contributed by atoms with Gasteiger partial charge in [0, 0.05) is 17.2 Å². The highest BCUT2D eigenvalue weighted by Gasteiger charge is 2.21. The standard InChI is InChI=1S/C14H19NO4/c1-14(2,3)13(17)15-10-6-5-7-11(8-10)19-9-12(16)18-4/h5-8H,9H2,1-4H3,(H,15,17). The van der Waals surface area contributed by atoms with Crippen molar-refractivity contribution in [3.8, 4) is 5.75 Å². The summed E-state index contributed by atoms with van der Waals surface area (Å²) >= 11 is 0. The summed E-state index contributed by atoms with van der Waals surface area (Å²) in [7, 11) is 1.30. The fraction of sp³-hybridized carbons (Fsp3) is 0.429. The molecule has 0 aliphatic rings. The summed E-state index contributed by atoms with van der Waals surface area (Å²) < 4.78 is 9.72. The zero-order valence-corrected chi connectivity index (χ0v) is 11.6. The van der Waals surface area contributed by atoms with E-state index in [9.17, 15) is 9.59 Å². The maximum Gasteiger partial charge on any atom is 0.343 e. The van der Waals surface area contributed by atoms with Gasteiger partial charge in [0.1, 0.15) is 5.75 Å². The fourth-order valence-corrected chi connectivity index (χ4v) is 1.18. The third kappa shape index (κ3) is 4.99. The molecule has 1 aromatic carbocycles. The molecule has 0 aliphatic heterocycles. The van der Waals surface area contributed by atoms with Crippen molar-refractivity contribution in [2.45, 2.75) is 20.8 Å². The van der Waals surface area contributed by atoms with E-state index in [1.165, 1.54) is 7.11 Å². The van der Waals surface area contributed by atoms with Gasteiger partial charge in [-0.1, -0.05) is 26.8 Å². The first kappa shape index (κ1) is 15.0. The number of hydrogen-bond donors (Lipinski definition) is 1. The van der Waals surface area contributed by atoms with Crippen LogP contribution in [0.2, 0.25) is 0 Å². The molecule has 104 valence electrons. The van der Waals surface area contributed by atoms with E-state index in [1.807, 2.05) is 20.8 Å². The minimum atomic E-state index is -0.469. The second kappa shape index (κ2) is 6.22. The maximum atomic E-state index is 11.8. The van der Waals surface area contributed by atoms with Crippen LogP contribution in [0.3, 0.4) is 0 Å². The molecule has 0 spiro atoms. The number of rotatable bonds is 4. The summed E-state index contributed by atoms with van der Waals surface area (Å²) in [5.41, 5.74) is 0.158. The van der Waals surface area contributed by atoms with E-state index in [-0.39, 0.29) is 12.5 Å². The van der Waals surface area contributed by atoms with Gasteiger partial charge in [0.15, 0.2) is 6.61 Å². The van der Waals surface area contributed by atoms with E-state index < -0.39 is 11.4 Å². The lowest BCUT2D eigenvalue weighted by Gasteiger charge is -2.18. The Kier molecular flexibility index (Phi) is 4.92. The summed E-state index contributed by atoms with van der Waals surface area (Å²) in [5, 5.41) is 2.79. The number of anilines is 1. The topological polar surface area (TPSA) is 64.6 Å². The Labute approximate surface area is 112 Å². The molecular weight excluding hydrogens is 246 g/mol. The number of methoxy groups -OCH3 is 1. The van der Waals surface area contributed by atoms with Crippen molar-refractivity contribution in [1.29, 1.82) is 0 Å². The molecule has 1 N–H and O–H groups in total. The van der Waals surface area contributed by atoms with Gasteiger partial charge in [0.2, 0.25) is 5.91 Å². The number of hydrogen-bond acceptors (Lipinski definition) is 4. The molecular formula is C14H19NO4. The van der Waals surface area contributed by atoms with Crippen molar-refractivity contribution in [3.63, 3.8) is 0 Å². The molecule has 0 atom stereocenters. The van der Waals surface area contributed by atoms with Crippen LogP contribution in [-0.4, -0.2) is 25.6 Å². The Morgan fingerprint density at radius 3 is 2.53 bits per heavy atom. The number of ether oxygens (including phenoxy) is 2. The average Bonchev–Trinajstić information content (AvgIpc) is 2.35. The Morgan fingerprint density at radius 1 is 1.26 bits per heavy atom. The van der Waals surface area contributed by atoms with E-state index in [0.29, 0.717) is 11.4 Å². The first-order valence-corrected chi connectivity index (χ1v) is 5.94. The van der Waals surface area contributed by atoms with Crippen LogP contribution in [0.15, 0.2) is 24.3 Å². The molecule has 0 saturated heterocycles. The molecule has 0 saturated carbocycles. The number of esters is 1. The van der Waals surface area contributed by atoms with Gasteiger partial charge < -0.3 is 14.8 Å². The number of benzene rings is 1. The van der Waals surface area contributed by atoms with Crippen molar-refractivity contribution in [2.75, 3.05) is 19.0 Å². The highest BCUT2D eigenvalue weighted by molar-refractivity contribution is 5.94. The van der Waals surface area contributed by atoms with E-state index >= 15 is 0 Å². The molecule has 0 heterocycles. The van der Waals surface area contributed by atoms with Crippen molar-refractivity contribution < 1.29 is 19.1 Å². The number of nitrogens with one attached hydrogen (secondary N) is 1. The Bertz CT molecular complexity index is 463. The van der Waals surface area contributed by atoms with Crippen molar-refractivity contribution in [3.05, 3.63) is 24.3 Å². The predicted molar refractivity (Wildman–Crippen MR) is 72.0 cm³/mol. The Morgan fingerprint density at radius 2 is 1.95 bits per heavy atom. The van der Waals surface area contributed by atoms with E-state index in [4.69, 9.17) is 4.74 Å². The SMILES string of the molecule is COC(=O)COc1cccc(NC(=O)C(C)(C)C)c1. The molecule has 0 radical (unpaired) electrons. The summed E-state index contributed by atoms with van der Waals surface area (Å²) in [4.78, 5) is 22.8. The van der Waals surface area contributed by atoms with Gasteiger partial charge in [-0.05, 0) is 12.1 Å². The first-order chi connectivity index (χ1) is 8.82. The molecule has 0 fully saturated rings. The highest BCUT2D eigenvalue weighted by atomic mass is 16.6. The Hall–Kier alpha value is -2.04. The summed E-state index contributed by atoms with van der Waals surface area (Å²) in [6.07, 6.45) is 0. The van der Waals surface area contributed by atoms with Crippen LogP contribution >= 0.6 is 0 Å². The summed E-state index contributed by atoms with van der Waals surface area (Å²) in [6.45, 7) is 5.34. The lowest BCUT2D eigenvalue weighted by Crippen LogP contribution is -2.27. The van der Waals surface area contributed by atoms with Crippen LogP contribution in [0, 0.1) is 5.41 Å². The van der Waals surface area contributed by atoms with Gasteiger partial charge in [0.25, 0.3) is 0 Å². The van der Waals surface area contributed by atoms with Gasteiger partial charge in [-0.2, -0.15) is 0 Å². The van der Waals surface area contributed by atoms with Gasteiger partial charge >= 0.3 is 5.97 Å². The van der Waals surface area contributed by atoms with E-state index in [1.54, 1.807) is 24.3 Å². The normalized spacial score (nSPS) is 10.7. The van der Waals surface area contributed by atoms with Gasteiger partial charge in [-0.3, -0.25) is 4.79 Å². The zero-order valence-electron chi connectivity index (χ0n) is 11.6. The fourth-order valence-electron chi connectivity index (χ4n) is 1.18. The van der Waals surface area contributed by atoms with Gasteiger partial charge in [-0.25, -0.2) is 4.79 Å². The lowest BCUT2D eigenvalue weighted by molar-refractivity contribution is -0.142. The third-order valence-corrected chi connectivity index (χ3v) is 2.36. The molecule has 0 unspecified atom stereocenters. The molecule has 1 amide bonds. The second-order valence-corrected chi connectivity index (χ2v) is 5.10. The van der Waals surface area contributed by atoms with Gasteiger partial charge in [0.05, 0.1) is 7.11 Å². The first-order valence-electron chi connectivity index (χ1n) is 5.94. The molecule has 0 aliphatic carbocycles. The largest absolute Gasteiger partial charge is 0.482 e. The van der Waals surface area contributed by atoms with E-state index in [0.717, 1.165) is 0 Å². The van der Waals surface area contributed by atoms with Crippen LogP contribution in [0.1, 0.15) is 20.8 Å². The minimum absolute atomic E-state index is 0.0855. The van der Waals surface area contributed by atoms with Crippen LogP contribution in [0.25, 0.3) is 0 Å². The molecule has 0 bridgehead atoms. The lowest BCUT2D eigenvalue weighted by atomic mass is 9.95. The van der Waals surface area contributed by atoms with Crippen LogP contribution in [0.4, 0.5) is 5.69 Å². The molecule has 1 rings (SSSR count). The monoisotopic (exact) mass is 265 g/mol. The second-order valence-electron chi connectivity index (χ2n) is 5.10. The number of carbonyl (C=O) groups is 2. The van der Waals surface area contributed by atoms with E-state index in [2.05, 4.69) is 10.1 Å². The smallest absolute Gasteiger partial charge is 0.343 e. The summed E-state index contributed by atoms with van der Waals surface area (Å²) in [5.74, 6) is -0.0427. The van der Waals surface area contributed by atoms with Crippen molar-refractivity contribution in [2.24, 2.45) is 5.41 Å². The number of carbonyl (C=O) groups excluding carboxylic acids is 2. The molecule has 5 heteroatoms. The van der Waals surface area contributed by atoms with Crippen molar-refractivity contribution in [1.82, 2.24) is 0 Å². The minimum Gasteiger partial charge on any atom is -0.482 e. The van der Waals surface area contributed by atoms with Gasteiger partial charge in [-0.15, -0.1) is 0 Å². The third-order valence-electron chi connectivity index (χ3n) is 2.36.